The number of hydrogen-bond donors (Lipinski definition) is 1. The van der Waals surface area contributed by atoms with Gasteiger partial charge in [0.15, 0.2) is 0 Å². The zero-order valence-corrected chi connectivity index (χ0v) is 21.9. The fourth-order valence-corrected chi connectivity index (χ4v) is 4.58. The maximum Gasteiger partial charge on any atom is 0.296 e. The third-order valence-corrected chi connectivity index (χ3v) is 6.28. The van der Waals surface area contributed by atoms with E-state index in [-0.39, 0.29) is 23.3 Å². The van der Waals surface area contributed by atoms with Gasteiger partial charge in [0.05, 0.1) is 25.1 Å². The number of carbonyl (C=O) groups is 2. The molecule has 1 fully saturated rings. The van der Waals surface area contributed by atoms with Crippen LogP contribution in [0.4, 0.5) is 0 Å². The molecule has 1 aliphatic rings. The topological polar surface area (TPSA) is 89.2 Å². The summed E-state index contributed by atoms with van der Waals surface area (Å²) in [4.78, 5) is 28.1. The number of aliphatic hydroxyl groups excluding tert-OH is 1. The van der Waals surface area contributed by atoms with Crippen LogP contribution < -0.4 is 9.47 Å². The summed E-state index contributed by atoms with van der Waals surface area (Å²) in [5.41, 5.74) is 1.82. The Morgan fingerprint density at radius 2 is 1.76 bits per heavy atom. The normalized spacial score (nSPS) is 17.3. The van der Waals surface area contributed by atoms with Gasteiger partial charge in [0.1, 0.15) is 29.1 Å². The van der Waals surface area contributed by atoms with Crippen molar-refractivity contribution in [3.63, 3.8) is 0 Å². The van der Waals surface area contributed by atoms with Crippen molar-refractivity contribution >= 4 is 17.4 Å². The molecule has 1 saturated heterocycles. The summed E-state index contributed by atoms with van der Waals surface area (Å²) in [5, 5.41) is 11.5. The van der Waals surface area contributed by atoms with E-state index in [0.717, 1.165) is 11.1 Å². The van der Waals surface area contributed by atoms with Crippen LogP contribution in [0.25, 0.3) is 5.76 Å². The van der Waals surface area contributed by atoms with Gasteiger partial charge in [-0.1, -0.05) is 32.9 Å². The second-order valence-electron chi connectivity index (χ2n) is 9.92. The van der Waals surface area contributed by atoms with Crippen LogP contribution in [0.3, 0.4) is 0 Å². The van der Waals surface area contributed by atoms with Crippen LogP contribution in [0.5, 0.6) is 11.5 Å². The highest BCUT2D eigenvalue weighted by molar-refractivity contribution is 6.46. The largest absolute Gasteiger partial charge is 0.507 e. The monoisotopic (exact) mass is 503 g/mol. The first-order chi connectivity index (χ1) is 17.7. The van der Waals surface area contributed by atoms with Crippen molar-refractivity contribution in [3.05, 3.63) is 88.9 Å². The Bertz CT molecular complexity index is 1320. The number of amides is 1. The predicted molar refractivity (Wildman–Crippen MR) is 140 cm³/mol. The number of ether oxygens (including phenoxy) is 2. The molecule has 1 unspecified atom stereocenters. The Hall–Kier alpha value is -4.00. The number of rotatable bonds is 8. The first kappa shape index (κ1) is 26.1. The molecule has 0 spiro atoms. The molecule has 4 rings (SSSR count). The second kappa shape index (κ2) is 10.5. The summed E-state index contributed by atoms with van der Waals surface area (Å²) in [6.07, 6.45) is 1.49. The molecule has 37 heavy (non-hydrogen) atoms. The van der Waals surface area contributed by atoms with Gasteiger partial charge in [-0.05, 0) is 67.3 Å². The number of Topliss-reactive ketones (excluding diaryl/α,β-unsaturated/α-hetero) is 1. The fraction of sp³-hybridized carbons (Fsp3) is 0.333. The van der Waals surface area contributed by atoms with Gasteiger partial charge in [-0.3, -0.25) is 9.59 Å². The van der Waals surface area contributed by atoms with Crippen molar-refractivity contribution < 1.29 is 28.6 Å². The lowest BCUT2D eigenvalue weighted by Crippen LogP contribution is -2.29. The standard InChI is InChI=1S/C30H33NO6/c1-6-35-21-11-8-10-19(16-21)18-31-26(24-12-9-15-37-24)25(28(33)29(31)34)27(32)20-13-14-23(36-7-2)22(17-20)30(3,4)5/h8-17,26,32H,6-7,18H2,1-5H3/b27-25-. The van der Waals surface area contributed by atoms with Crippen LogP contribution in [-0.2, 0) is 21.5 Å². The summed E-state index contributed by atoms with van der Waals surface area (Å²) in [6, 6.07) is 15.2. The molecule has 1 N–H and O–H groups in total. The third-order valence-electron chi connectivity index (χ3n) is 6.28. The van der Waals surface area contributed by atoms with Crippen LogP contribution in [0.1, 0.15) is 63.1 Å². The van der Waals surface area contributed by atoms with Crippen molar-refractivity contribution in [3.8, 4) is 11.5 Å². The lowest BCUT2D eigenvalue weighted by molar-refractivity contribution is -0.140. The average molecular weight is 504 g/mol. The maximum atomic E-state index is 13.3. The van der Waals surface area contributed by atoms with Crippen molar-refractivity contribution in [2.45, 2.75) is 52.6 Å². The number of likely N-dealkylation sites (tertiary alicyclic amines) is 1. The molecular formula is C30H33NO6. The van der Waals surface area contributed by atoms with E-state index in [4.69, 9.17) is 13.9 Å². The Morgan fingerprint density at radius 1 is 1.00 bits per heavy atom. The maximum absolute atomic E-state index is 13.3. The van der Waals surface area contributed by atoms with Gasteiger partial charge in [0.25, 0.3) is 11.7 Å². The summed E-state index contributed by atoms with van der Waals surface area (Å²) < 4.78 is 17.0. The molecule has 7 nitrogen and oxygen atoms in total. The van der Waals surface area contributed by atoms with Gasteiger partial charge >= 0.3 is 0 Å². The second-order valence-corrected chi connectivity index (χ2v) is 9.92. The Kier molecular flexibility index (Phi) is 7.43. The van der Waals surface area contributed by atoms with Gasteiger partial charge in [-0.15, -0.1) is 0 Å². The zero-order valence-electron chi connectivity index (χ0n) is 21.9. The Morgan fingerprint density at radius 3 is 2.41 bits per heavy atom. The minimum absolute atomic E-state index is 0.00932. The molecule has 0 bridgehead atoms. The van der Waals surface area contributed by atoms with Crippen LogP contribution in [0, 0.1) is 0 Å². The molecule has 0 saturated carbocycles. The van der Waals surface area contributed by atoms with Crippen molar-refractivity contribution in [2.24, 2.45) is 0 Å². The van der Waals surface area contributed by atoms with E-state index in [0.29, 0.717) is 36.0 Å². The van der Waals surface area contributed by atoms with Crippen LogP contribution >= 0.6 is 0 Å². The number of benzene rings is 2. The average Bonchev–Trinajstić information content (AvgIpc) is 3.47. The molecule has 1 aliphatic heterocycles. The van der Waals surface area contributed by atoms with E-state index in [1.165, 1.54) is 11.2 Å². The zero-order chi connectivity index (χ0) is 26.7. The van der Waals surface area contributed by atoms with Crippen LogP contribution in [0.2, 0.25) is 0 Å². The molecule has 1 aromatic heterocycles. The molecular weight excluding hydrogens is 470 g/mol. The van der Waals surface area contributed by atoms with Gasteiger partial charge in [0, 0.05) is 17.7 Å². The van der Waals surface area contributed by atoms with E-state index < -0.39 is 17.7 Å². The van der Waals surface area contributed by atoms with Crippen molar-refractivity contribution in [1.29, 1.82) is 0 Å². The number of furan rings is 1. The number of aliphatic hydroxyl groups is 1. The van der Waals surface area contributed by atoms with E-state index in [1.54, 1.807) is 24.3 Å². The molecule has 3 aromatic rings. The summed E-state index contributed by atoms with van der Waals surface area (Å²) in [5.74, 6) is 0.0688. The highest BCUT2D eigenvalue weighted by atomic mass is 16.5. The van der Waals surface area contributed by atoms with Crippen molar-refractivity contribution in [1.82, 2.24) is 4.90 Å². The first-order valence-electron chi connectivity index (χ1n) is 12.5. The van der Waals surface area contributed by atoms with E-state index in [2.05, 4.69) is 0 Å². The number of hydrogen-bond acceptors (Lipinski definition) is 6. The van der Waals surface area contributed by atoms with Gasteiger partial charge < -0.3 is 23.9 Å². The molecule has 194 valence electrons. The van der Waals surface area contributed by atoms with Crippen LogP contribution in [-0.4, -0.2) is 34.9 Å². The number of carbonyl (C=O) groups excluding carboxylic acids is 2. The lowest BCUT2D eigenvalue weighted by Gasteiger charge is -2.25. The molecule has 1 amide bonds. The summed E-state index contributed by atoms with van der Waals surface area (Å²) in [6.45, 7) is 11.1. The molecule has 7 heteroatoms. The van der Waals surface area contributed by atoms with Crippen molar-refractivity contribution in [2.75, 3.05) is 13.2 Å². The minimum atomic E-state index is -0.879. The minimum Gasteiger partial charge on any atom is -0.507 e. The van der Waals surface area contributed by atoms with Gasteiger partial charge in [-0.25, -0.2) is 0 Å². The summed E-state index contributed by atoms with van der Waals surface area (Å²) >= 11 is 0. The molecule has 0 aliphatic carbocycles. The predicted octanol–water partition coefficient (Wildman–Crippen LogP) is 6.00. The van der Waals surface area contributed by atoms with Crippen LogP contribution in [0.15, 0.2) is 70.9 Å². The van der Waals surface area contributed by atoms with E-state index in [9.17, 15) is 14.7 Å². The molecule has 0 radical (unpaired) electrons. The summed E-state index contributed by atoms with van der Waals surface area (Å²) in [7, 11) is 0. The Labute approximate surface area is 217 Å². The Balaban J connectivity index is 1.81. The molecule has 2 aromatic carbocycles. The SMILES string of the molecule is CCOc1cccc(CN2C(=O)C(=O)/C(=C(\O)c3ccc(OCC)c(C(C)(C)C)c3)C2c2ccco2)c1. The number of ketones is 1. The molecule has 2 heterocycles. The van der Waals surface area contributed by atoms with E-state index >= 15 is 0 Å². The van der Waals surface area contributed by atoms with Gasteiger partial charge in [-0.2, -0.15) is 0 Å². The van der Waals surface area contributed by atoms with Gasteiger partial charge in [0.2, 0.25) is 0 Å². The lowest BCUT2D eigenvalue weighted by atomic mass is 9.84. The highest BCUT2D eigenvalue weighted by Gasteiger charge is 2.47. The quantitative estimate of drug-likeness (QED) is 0.231. The first-order valence-corrected chi connectivity index (χ1v) is 12.5. The molecule has 1 atom stereocenters. The van der Waals surface area contributed by atoms with E-state index in [1.807, 2.05) is 65.0 Å². The smallest absolute Gasteiger partial charge is 0.296 e. The third kappa shape index (κ3) is 5.26. The highest BCUT2D eigenvalue weighted by Crippen LogP contribution is 2.42. The fourth-order valence-electron chi connectivity index (χ4n) is 4.58. The number of nitrogens with zero attached hydrogens (tertiary/aromatic N) is 1.